The van der Waals surface area contributed by atoms with Gasteiger partial charge in [0.05, 0.1) is 0 Å². The van der Waals surface area contributed by atoms with Crippen LogP contribution in [0.2, 0.25) is 0 Å². The van der Waals surface area contributed by atoms with Crippen molar-refractivity contribution in [3.05, 3.63) is 28.2 Å². The quantitative estimate of drug-likeness (QED) is 0.879. The van der Waals surface area contributed by atoms with Crippen molar-refractivity contribution in [1.29, 1.82) is 0 Å². The van der Waals surface area contributed by atoms with Gasteiger partial charge in [-0.2, -0.15) is 11.8 Å². The number of hydrogen-bond acceptors (Lipinski definition) is 2. The lowest BCUT2D eigenvalue weighted by Crippen LogP contribution is -2.24. The van der Waals surface area contributed by atoms with E-state index in [0.717, 1.165) is 4.47 Å². The van der Waals surface area contributed by atoms with Gasteiger partial charge in [-0.1, -0.05) is 22.0 Å². The molecular formula is C12H16BrNS. The highest BCUT2D eigenvalue weighted by atomic mass is 79.9. The molecule has 0 amide bonds. The molecule has 15 heavy (non-hydrogen) atoms. The number of thioether (sulfide) groups is 1. The number of nitrogens with one attached hydrogen (secondary N) is 1. The molecule has 0 saturated carbocycles. The predicted octanol–water partition coefficient (Wildman–Crippen LogP) is 4.07. The molecule has 1 N–H and O–H groups in total. The van der Waals surface area contributed by atoms with Crippen LogP contribution >= 0.6 is 27.7 Å². The van der Waals surface area contributed by atoms with E-state index in [2.05, 4.69) is 58.1 Å². The van der Waals surface area contributed by atoms with Gasteiger partial charge in [-0.05, 0) is 49.0 Å². The number of halogens is 1. The van der Waals surface area contributed by atoms with E-state index in [9.17, 15) is 0 Å². The minimum Gasteiger partial charge on any atom is -0.382 e. The maximum absolute atomic E-state index is 3.65. The average Bonchev–Trinajstić information content (AvgIpc) is 2.25. The Labute approximate surface area is 104 Å². The van der Waals surface area contributed by atoms with Crippen molar-refractivity contribution in [2.24, 2.45) is 0 Å². The van der Waals surface area contributed by atoms with Crippen LogP contribution in [0.1, 0.15) is 18.4 Å². The summed E-state index contributed by atoms with van der Waals surface area (Å²) in [7, 11) is 0. The normalized spacial score (nSPS) is 17.7. The summed E-state index contributed by atoms with van der Waals surface area (Å²) in [5.41, 5.74) is 2.61. The summed E-state index contributed by atoms with van der Waals surface area (Å²) in [5, 5.41) is 3.65. The van der Waals surface area contributed by atoms with Gasteiger partial charge in [0.2, 0.25) is 0 Å². The van der Waals surface area contributed by atoms with Gasteiger partial charge in [0.1, 0.15) is 0 Å². The molecule has 1 fully saturated rings. The van der Waals surface area contributed by atoms with Gasteiger partial charge in [0.25, 0.3) is 0 Å². The Kier molecular flexibility index (Phi) is 3.98. The fourth-order valence-corrected chi connectivity index (χ4v) is 3.28. The number of anilines is 1. The lowest BCUT2D eigenvalue weighted by Gasteiger charge is -2.24. The van der Waals surface area contributed by atoms with Crippen LogP contribution < -0.4 is 5.32 Å². The second-order valence-electron chi connectivity index (χ2n) is 3.99. The van der Waals surface area contributed by atoms with E-state index in [-0.39, 0.29) is 0 Å². The molecule has 1 heterocycles. The first kappa shape index (κ1) is 11.3. The summed E-state index contributed by atoms with van der Waals surface area (Å²) >= 11 is 5.58. The second-order valence-corrected chi connectivity index (χ2v) is 6.13. The van der Waals surface area contributed by atoms with E-state index in [1.807, 2.05) is 0 Å². The maximum Gasteiger partial charge on any atom is 0.0383 e. The Bertz CT molecular complexity index is 334. The summed E-state index contributed by atoms with van der Waals surface area (Å²) < 4.78 is 1.15. The summed E-state index contributed by atoms with van der Waals surface area (Å²) in [6.45, 7) is 2.16. The van der Waals surface area contributed by atoms with Crippen LogP contribution in [-0.4, -0.2) is 17.5 Å². The Morgan fingerprint density at radius 2 is 2.07 bits per heavy atom. The highest BCUT2D eigenvalue weighted by molar-refractivity contribution is 9.10. The molecule has 0 unspecified atom stereocenters. The van der Waals surface area contributed by atoms with Gasteiger partial charge in [-0.25, -0.2) is 0 Å². The highest BCUT2D eigenvalue weighted by Crippen LogP contribution is 2.25. The molecule has 1 aromatic rings. The molecular weight excluding hydrogens is 270 g/mol. The zero-order valence-corrected chi connectivity index (χ0v) is 11.3. The first-order valence-corrected chi connectivity index (χ1v) is 7.31. The number of hydrogen-bond donors (Lipinski definition) is 1. The summed E-state index contributed by atoms with van der Waals surface area (Å²) in [5.74, 6) is 2.59. The molecule has 1 saturated heterocycles. The maximum atomic E-state index is 3.65. The van der Waals surface area contributed by atoms with Crippen LogP contribution in [0.4, 0.5) is 5.69 Å². The molecule has 1 nitrogen and oxygen atoms in total. The lowest BCUT2D eigenvalue weighted by molar-refractivity contribution is 0.666. The van der Waals surface area contributed by atoms with E-state index in [1.54, 1.807) is 0 Å². The van der Waals surface area contributed by atoms with Gasteiger partial charge >= 0.3 is 0 Å². The molecule has 0 atom stereocenters. The lowest BCUT2D eigenvalue weighted by atomic mass is 10.1. The summed E-state index contributed by atoms with van der Waals surface area (Å²) in [6.07, 6.45) is 2.58. The minimum absolute atomic E-state index is 0.666. The molecule has 0 aliphatic carbocycles. The second kappa shape index (κ2) is 5.26. The van der Waals surface area contributed by atoms with Crippen molar-refractivity contribution in [3.63, 3.8) is 0 Å². The molecule has 1 aliphatic rings. The summed E-state index contributed by atoms with van der Waals surface area (Å²) in [6, 6.07) is 7.09. The SMILES string of the molecule is Cc1ccc(Br)cc1NC1CCSCC1. The predicted molar refractivity (Wildman–Crippen MR) is 72.8 cm³/mol. The third kappa shape index (κ3) is 3.15. The number of rotatable bonds is 2. The van der Waals surface area contributed by atoms with Crippen molar-refractivity contribution in [3.8, 4) is 0 Å². The average molecular weight is 286 g/mol. The molecule has 82 valence electrons. The fourth-order valence-electron chi connectivity index (χ4n) is 1.81. The highest BCUT2D eigenvalue weighted by Gasteiger charge is 2.13. The first-order chi connectivity index (χ1) is 7.25. The van der Waals surface area contributed by atoms with E-state index in [0.29, 0.717) is 6.04 Å². The van der Waals surface area contributed by atoms with E-state index >= 15 is 0 Å². The minimum atomic E-state index is 0.666. The van der Waals surface area contributed by atoms with Crippen LogP contribution in [0, 0.1) is 6.92 Å². The fraction of sp³-hybridized carbons (Fsp3) is 0.500. The van der Waals surface area contributed by atoms with Gasteiger partial charge in [0, 0.05) is 16.2 Å². The van der Waals surface area contributed by atoms with E-state index in [4.69, 9.17) is 0 Å². The van der Waals surface area contributed by atoms with E-state index in [1.165, 1.54) is 35.6 Å². The molecule has 0 spiro atoms. The monoisotopic (exact) mass is 285 g/mol. The Morgan fingerprint density at radius 1 is 1.33 bits per heavy atom. The zero-order valence-electron chi connectivity index (χ0n) is 8.92. The summed E-state index contributed by atoms with van der Waals surface area (Å²) in [4.78, 5) is 0. The van der Waals surface area contributed by atoms with Crippen LogP contribution in [0.15, 0.2) is 22.7 Å². The molecule has 2 rings (SSSR count). The van der Waals surface area contributed by atoms with Crippen molar-refractivity contribution in [1.82, 2.24) is 0 Å². The Morgan fingerprint density at radius 3 is 2.80 bits per heavy atom. The van der Waals surface area contributed by atoms with Crippen LogP contribution in [-0.2, 0) is 0 Å². The van der Waals surface area contributed by atoms with E-state index < -0.39 is 0 Å². The smallest absolute Gasteiger partial charge is 0.0383 e. The zero-order chi connectivity index (χ0) is 10.7. The van der Waals surface area contributed by atoms with Gasteiger partial charge in [0.15, 0.2) is 0 Å². The first-order valence-electron chi connectivity index (χ1n) is 5.36. The Balaban J connectivity index is 2.05. The number of benzene rings is 1. The van der Waals surface area contributed by atoms with Gasteiger partial charge < -0.3 is 5.32 Å². The molecule has 0 bridgehead atoms. The van der Waals surface area contributed by atoms with Crippen LogP contribution in [0.5, 0.6) is 0 Å². The number of aryl methyl sites for hydroxylation is 1. The topological polar surface area (TPSA) is 12.0 Å². The Hall–Kier alpha value is -0.150. The molecule has 0 radical (unpaired) electrons. The molecule has 1 aromatic carbocycles. The largest absolute Gasteiger partial charge is 0.382 e. The van der Waals surface area contributed by atoms with Gasteiger partial charge in [-0.3, -0.25) is 0 Å². The standard InChI is InChI=1S/C12H16BrNS/c1-9-2-3-10(13)8-12(9)14-11-4-6-15-7-5-11/h2-3,8,11,14H,4-7H2,1H3. The van der Waals surface area contributed by atoms with Crippen molar-refractivity contribution < 1.29 is 0 Å². The van der Waals surface area contributed by atoms with Crippen molar-refractivity contribution in [2.75, 3.05) is 16.8 Å². The third-order valence-corrected chi connectivity index (χ3v) is 4.32. The molecule has 1 aliphatic heterocycles. The third-order valence-electron chi connectivity index (χ3n) is 2.78. The van der Waals surface area contributed by atoms with Gasteiger partial charge in [-0.15, -0.1) is 0 Å². The molecule has 3 heteroatoms. The van der Waals surface area contributed by atoms with Crippen LogP contribution in [0.25, 0.3) is 0 Å². The van der Waals surface area contributed by atoms with Crippen LogP contribution in [0.3, 0.4) is 0 Å². The molecule has 0 aromatic heterocycles. The van der Waals surface area contributed by atoms with Crippen molar-refractivity contribution in [2.45, 2.75) is 25.8 Å². The van der Waals surface area contributed by atoms with Crippen molar-refractivity contribution >= 4 is 33.4 Å².